The summed E-state index contributed by atoms with van der Waals surface area (Å²) in [5.74, 6) is 0.303. The normalized spacial score (nSPS) is 19.6. The molecule has 3 rings (SSSR count). The monoisotopic (exact) mass is 277 g/mol. The summed E-state index contributed by atoms with van der Waals surface area (Å²) in [5.41, 5.74) is 1.07. The zero-order chi connectivity index (χ0) is 13.2. The molecule has 1 aromatic carbocycles. The summed E-state index contributed by atoms with van der Waals surface area (Å²) in [6.45, 7) is 0. The SMILES string of the molecule is O=C(Cc1ccc(Cl)cc1)N(C1CCCC1)C1CC1. The van der Waals surface area contributed by atoms with Crippen LogP contribution in [-0.2, 0) is 11.2 Å². The third kappa shape index (κ3) is 3.11. The van der Waals surface area contributed by atoms with Crippen molar-refractivity contribution in [1.29, 1.82) is 0 Å². The summed E-state index contributed by atoms with van der Waals surface area (Å²) in [7, 11) is 0. The van der Waals surface area contributed by atoms with Crippen LogP contribution in [0.2, 0.25) is 5.02 Å². The molecule has 0 aromatic heterocycles. The minimum absolute atomic E-state index is 0.303. The Kier molecular flexibility index (Phi) is 3.79. The molecule has 2 aliphatic carbocycles. The highest BCUT2D eigenvalue weighted by molar-refractivity contribution is 6.30. The summed E-state index contributed by atoms with van der Waals surface area (Å²) in [6.07, 6.45) is 7.87. The molecule has 2 nitrogen and oxygen atoms in total. The number of hydrogen-bond acceptors (Lipinski definition) is 1. The molecular formula is C16H20ClNO. The number of nitrogens with zero attached hydrogens (tertiary/aromatic N) is 1. The van der Waals surface area contributed by atoms with Crippen molar-refractivity contribution in [3.63, 3.8) is 0 Å². The second-order valence-electron chi connectivity index (χ2n) is 5.77. The van der Waals surface area contributed by atoms with Crippen LogP contribution in [0.4, 0.5) is 0 Å². The molecule has 1 amide bonds. The first-order valence-corrected chi connectivity index (χ1v) is 7.67. The second-order valence-corrected chi connectivity index (χ2v) is 6.21. The highest BCUT2D eigenvalue weighted by atomic mass is 35.5. The van der Waals surface area contributed by atoms with E-state index < -0.39 is 0 Å². The number of carbonyl (C=O) groups is 1. The molecule has 0 spiro atoms. The Hall–Kier alpha value is -1.02. The minimum atomic E-state index is 0.303. The van der Waals surface area contributed by atoms with Crippen LogP contribution < -0.4 is 0 Å². The molecule has 0 bridgehead atoms. The third-order valence-corrected chi connectivity index (χ3v) is 4.47. The van der Waals surface area contributed by atoms with Gasteiger partial charge in [0, 0.05) is 17.1 Å². The zero-order valence-electron chi connectivity index (χ0n) is 11.1. The van der Waals surface area contributed by atoms with Crippen molar-refractivity contribution < 1.29 is 4.79 Å². The molecule has 0 unspecified atom stereocenters. The Morgan fingerprint density at radius 1 is 1.05 bits per heavy atom. The molecule has 1 aromatic rings. The van der Waals surface area contributed by atoms with E-state index in [2.05, 4.69) is 4.90 Å². The number of amides is 1. The summed E-state index contributed by atoms with van der Waals surface area (Å²) in [4.78, 5) is 14.8. The quantitative estimate of drug-likeness (QED) is 0.819. The first kappa shape index (κ1) is 13.0. The van der Waals surface area contributed by atoms with Crippen LogP contribution in [0.15, 0.2) is 24.3 Å². The average molecular weight is 278 g/mol. The van der Waals surface area contributed by atoms with E-state index in [0.717, 1.165) is 10.6 Å². The van der Waals surface area contributed by atoms with Crippen LogP contribution in [0.1, 0.15) is 44.1 Å². The van der Waals surface area contributed by atoms with E-state index >= 15 is 0 Å². The van der Waals surface area contributed by atoms with Crippen LogP contribution in [0, 0.1) is 0 Å². The fourth-order valence-corrected chi connectivity index (χ4v) is 3.23. The van der Waals surface area contributed by atoms with E-state index in [1.54, 1.807) is 0 Å². The van der Waals surface area contributed by atoms with Gasteiger partial charge in [0.1, 0.15) is 0 Å². The average Bonchev–Trinajstić information content (AvgIpc) is 3.07. The van der Waals surface area contributed by atoms with Gasteiger partial charge in [0.2, 0.25) is 5.91 Å². The Bertz CT molecular complexity index is 446. The number of benzene rings is 1. The van der Waals surface area contributed by atoms with Gasteiger partial charge in [-0.3, -0.25) is 4.79 Å². The van der Waals surface area contributed by atoms with Gasteiger partial charge in [0.05, 0.1) is 6.42 Å². The number of hydrogen-bond donors (Lipinski definition) is 0. The minimum Gasteiger partial charge on any atom is -0.336 e. The lowest BCUT2D eigenvalue weighted by atomic mass is 10.1. The summed E-state index contributed by atoms with van der Waals surface area (Å²) < 4.78 is 0. The predicted octanol–water partition coefficient (Wildman–Crippen LogP) is 3.82. The number of rotatable bonds is 4. The van der Waals surface area contributed by atoms with Crippen LogP contribution in [0.5, 0.6) is 0 Å². The van der Waals surface area contributed by atoms with Crippen molar-refractivity contribution in [2.24, 2.45) is 0 Å². The Labute approximate surface area is 119 Å². The maximum Gasteiger partial charge on any atom is 0.227 e. The maximum atomic E-state index is 12.6. The molecule has 19 heavy (non-hydrogen) atoms. The zero-order valence-corrected chi connectivity index (χ0v) is 11.9. The van der Waals surface area contributed by atoms with Crippen LogP contribution in [0.3, 0.4) is 0 Å². The lowest BCUT2D eigenvalue weighted by molar-refractivity contribution is -0.133. The van der Waals surface area contributed by atoms with E-state index in [1.165, 1.54) is 38.5 Å². The lowest BCUT2D eigenvalue weighted by Crippen LogP contribution is -2.41. The van der Waals surface area contributed by atoms with Crippen molar-refractivity contribution >= 4 is 17.5 Å². The molecule has 3 heteroatoms. The summed E-state index contributed by atoms with van der Waals surface area (Å²) in [6, 6.07) is 8.68. The fraction of sp³-hybridized carbons (Fsp3) is 0.562. The molecule has 0 saturated heterocycles. The molecule has 102 valence electrons. The second kappa shape index (κ2) is 5.54. The Morgan fingerprint density at radius 3 is 2.21 bits per heavy atom. The largest absolute Gasteiger partial charge is 0.336 e. The van der Waals surface area contributed by atoms with Gasteiger partial charge < -0.3 is 4.90 Å². The summed E-state index contributed by atoms with van der Waals surface area (Å²) >= 11 is 5.88. The van der Waals surface area contributed by atoms with Crippen LogP contribution in [0.25, 0.3) is 0 Å². The van der Waals surface area contributed by atoms with Crippen molar-refractivity contribution in [3.05, 3.63) is 34.9 Å². The number of halogens is 1. The fourth-order valence-electron chi connectivity index (χ4n) is 3.11. The Morgan fingerprint density at radius 2 is 1.63 bits per heavy atom. The highest BCUT2D eigenvalue weighted by Gasteiger charge is 2.37. The van der Waals surface area contributed by atoms with E-state index in [1.807, 2.05) is 24.3 Å². The number of carbonyl (C=O) groups excluding carboxylic acids is 1. The molecule has 2 saturated carbocycles. The topological polar surface area (TPSA) is 20.3 Å². The van der Waals surface area contributed by atoms with E-state index in [4.69, 9.17) is 11.6 Å². The summed E-state index contributed by atoms with van der Waals surface area (Å²) in [5, 5.41) is 0.728. The van der Waals surface area contributed by atoms with Gasteiger partial charge in [-0.05, 0) is 43.4 Å². The van der Waals surface area contributed by atoms with Crippen molar-refractivity contribution in [2.75, 3.05) is 0 Å². The molecule has 0 radical (unpaired) electrons. The van der Waals surface area contributed by atoms with Gasteiger partial charge in [-0.15, -0.1) is 0 Å². The first-order valence-electron chi connectivity index (χ1n) is 7.29. The van der Waals surface area contributed by atoms with E-state index in [0.29, 0.717) is 24.4 Å². The van der Waals surface area contributed by atoms with Gasteiger partial charge in [-0.1, -0.05) is 36.6 Å². The standard InChI is InChI=1S/C16H20ClNO/c17-13-7-5-12(6-8-13)11-16(19)18(15-9-10-15)14-3-1-2-4-14/h5-8,14-15H,1-4,9-11H2. The van der Waals surface area contributed by atoms with Crippen molar-refractivity contribution in [2.45, 2.75) is 57.0 Å². The maximum absolute atomic E-state index is 12.6. The molecule has 0 aliphatic heterocycles. The van der Waals surface area contributed by atoms with Gasteiger partial charge in [-0.25, -0.2) is 0 Å². The van der Waals surface area contributed by atoms with E-state index in [9.17, 15) is 4.79 Å². The van der Waals surface area contributed by atoms with Crippen LogP contribution >= 0.6 is 11.6 Å². The molecular weight excluding hydrogens is 258 g/mol. The first-order chi connectivity index (χ1) is 9.24. The Balaban J connectivity index is 1.68. The third-order valence-electron chi connectivity index (χ3n) is 4.21. The van der Waals surface area contributed by atoms with Crippen molar-refractivity contribution in [3.8, 4) is 0 Å². The van der Waals surface area contributed by atoms with Gasteiger partial charge in [0.25, 0.3) is 0 Å². The van der Waals surface area contributed by atoms with Gasteiger partial charge in [-0.2, -0.15) is 0 Å². The molecule has 2 aliphatic rings. The van der Waals surface area contributed by atoms with Gasteiger partial charge in [0.15, 0.2) is 0 Å². The lowest BCUT2D eigenvalue weighted by Gasteiger charge is -2.29. The van der Waals surface area contributed by atoms with E-state index in [-0.39, 0.29) is 0 Å². The molecule has 0 N–H and O–H groups in total. The highest BCUT2D eigenvalue weighted by Crippen LogP contribution is 2.34. The van der Waals surface area contributed by atoms with Crippen LogP contribution in [-0.4, -0.2) is 22.9 Å². The van der Waals surface area contributed by atoms with Crippen molar-refractivity contribution in [1.82, 2.24) is 4.90 Å². The predicted molar refractivity (Wildman–Crippen MR) is 77.3 cm³/mol. The molecule has 0 heterocycles. The molecule has 2 fully saturated rings. The molecule has 0 atom stereocenters. The van der Waals surface area contributed by atoms with Gasteiger partial charge >= 0.3 is 0 Å². The smallest absolute Gasteiger partial charge is 0.227 e.